The quantitative estimate of drug-likeness (QED) is 0.381. The highest BCUT2D eigenvalue weighted by Crippen LogP contribution is 2.26. The number of hydrogen-bond donors (Lipinski definition) is 0. The van der Waals surface area contributed by atoms with E-state index in [9.17, 15) is 4.79 Å². The van der Waals surface area contributed by atoms with Gasteiger partial charge in [0.15, 0.2) is 5.65 Å². The third-order valence-corrected chi connectivity index (χ3v) is 6.94. The first-order valence-corrected chi connectivity index (χ1v) is 12.5. The Morgan fingerprint density at radius 3 is 2.47 bits per heavy atom. The molecule has 6 rings (SSSR count). The van der Waals surface area contributed by atoms with E-state index in [1.807, 2.05) is 78.6 Å². The summed E-state index contributed by atoms with van der Waals surface area (Å²) in [5.41, 5.74) is 4.68. The second-order valence-electron chi connectivity index (χ2n) is 9.31. The van der Waals surface area contributed by atoms with Crippen LogP contribution < -0.4 is 4.90 Å². The second kappa shape index (κ2) is 9.41. The molecule has 0 N–H and O–H groups in total. The Bertz CT molecular complexity index is 1540. The van der Waals surface area contributed by atoms with Gasteiger partial charge in [0.1, 0.15) is 5.82 Å². The zero-order valence-electron chi connectivity index (χ0n) is 20.3. The summed E-state index contributed by atoms with van der Waals surface area (Å²) >= 11 is 0. The first-order valence-electron chi connectivity index (χ1n) is 12.5. The Balaban J connectivity index is 1.37. The van der Waals surface area contributed by atoms with Gasteiger partial charge in [-0.1, -0.05) is 60.7 Å². The van der Waals surface area contributed by atoms with Crippen molar-refractivity contribution < 1.29 is 4.79 Å². The number of benzene rings is 3. The van der Waals surface area contributed by atoms with Crippen molar-refractivity contribution in [3.63, 3.8) is 0 Å². The molecule has 5 aromatic rings. The predicted molar refractivity (Wildman–Crippen MR) is 141 cm³/mol. The van der Waals surface area contributed by atoms with E-state index in [0.29, 0.717) is 19.5 Å². The maximum Gasteiger partial charge on any atom is 0.254 e. The summed E-state index contributed by atoms with van der Waals surface area (Å²) in [4.78, 5) is 22.6. The molecular formula is C29H28N6O. The minimum absolute atomic E-state index is 0.0978. The fraction of sp³-hybridized carbons (Fsp3) is 0.241. The largest absolute Gasteiger partial charge is 0.340 e. The van der Waals surface area contributed by atoms with Crippen molar-refractivity contribution in [2.24, 2.45) is 0 Å². The van der Waals surface area contributed by atoms with Crippen LogP contribution in [0.15, 0.2) is 78.9 Å². The van der Waals surface area contributed by atoms with Gasteiger partial charge in [-0.05, 0) is 42.7 Å². The van der Waals surface area contributed by atoms with Crippen molar-refractivity contribution in [1.82, 2.24) is 24.5 Å². The second-order valence-corrected chi connectivity index (χ2v) is 9.31. The van der Waals surface area contributed by atoms with E-state index in [1.54, 1.807) is 0 Å². The van der Waals surface area contributed by atoms with Crippen LogP contribution in [0.3, 0.4) is 0 Å². The molecule has 3 aromatic carbocycles. The number of para-hydroxylation sites is 1. The molecule has 1 saturated heterocycles. The fourth-order valence-electron chi connectivity index (χ4n) is 5.03. The van der Waals surface area contributed by atoms with Crippen LogP contribution in [0.4, 0.5) is 5.95 Å². The number of carbonyl (C=O) groups is 1. The van der Waals surface area contributed by atoms with Crippen molar-refractivity contribution >= 4 is 28.4 Å². The number of anilines is 1. The summed E-state index contributed by atoms with van der Waals surface area (Å²) < 4.78 is 2.11. The summed E-state index contributed by atoms with van der Waals surface area (Å²) in [6, 6.07) is 26.2. The smallest absolute Gasteiger partial charge is 0.254 e. The number of aromatic nitrogens is 4. The van der Waals surface area contributed by atoms with Gasteiger partial charge in [0.2, 0.25) is 5.95 Å². The molecule has 7 nitrogen and oxygen atoms in total. The van der Waals surface area contributed by atoms with E-state index < -0.39 is 0 Å². The molecule has 0 atom stereocenters. The molecule has 180 valence electrons. The van der Waals surface area contributed by atoms with Gasteiger partial charge >= 0.3 is 0 Å². The van der Waals surface area contributed by atoms with Gasteiger partial charge in [0.25, 0.3) is 5.91 Å². The van der Waals surface area contributed by atoms with Gasteiger partial charge in [0.05, 0.1) is 5.52 Å². The van der Waals surface area contributed by atoms with Gasteiger partial charge in [-0.2, -0.15) is 0 Å². The van der Waals surface area contributed by atoms with Crippen molar-refractivity contribution in [3.8, 4) is 0 Å². The van der Waals surface area contributed by atoms with Crippen LogP contribution in [0.25, 0.3) is 16.6 Å². The number of hydrogen-bond acceptors (Lipinski definition) is 5. The van der Waals surface area contributed by atoms with Crippen LogP contribution in [-0.2, 0) is 6.42 Å². The van der Waals surface area contributed by atoms with Crippen LogP contribution in [-0.4, -0.2) is 56.6 Å². The lowest BCUT2D eigenvalue weighted by molar-refractivity contribution is 0.0766. The predicted octanol–water partition coefficient (Wildman–Crippen LogP) is 4.53. The highest BCUT2D eigenvalue weighted by Gasteiger charge is 2.25. The Hall–Kier alpha value is -4.26. The standard InChI is InChI=1S/C29H28N6O/c1-21-10-5-6-13-23(21)28(36)33-16-9-17-34(19-18-33)29-30-25-15-8-7-14-24(25)27-32-31-26(35(27)29)20-22-11-3-2-4-12-22/h2-8,10-15H,9,16-20H2,1H3. The number of rotatable bonds is 4. The van der Waals surface area contributed by atoms with Crippen LogP contribution >= 0.6 is 0 Å². The lowest BCUT2D eigenvalue weighted by Gasteiger charge is -2.24. The molecule has 1 fully saturated rings. The van der Waals surface area contributed by atoms with E-state index in [0.717, 1.165) is 59.0 Å². The SMILES string of the molecule is Cc1ccccc1C(=O)N1CCCN(c2nc3ccccc3c3nnc(Cc4ccccc4)n23)CC1. The lowest BCUT2D eigenvalue weighted by atomic mass is 10.1. The van der Waals surface area contributed by atoms with Crippen molar-refractivity contribution in [3.05, 3.63) is 101 Å². The first-order chi connectivity index (χ1) is 17.7. The minimum Gasteiger partial charge on any atom is -0.340 e. The molecule has 0 radical (unpaired) electrons. The molecule has 0 unspecified atom stereocenters. The normalized spacial score (nSPS) is 14.4. The monoisotopic (exact) mass is 476 g/mol. The minimum atomic E-state index is 0.0978. The average Bonchev–Trinajstić information content (AvgIpc) is 3.17. The van der Waals surface area contributed by atoms with Crippen molar-refractivity contribution in [2.45, 2.75) is 19.8 Å². The summed E-state index contributed by atoms with van der Waals surface area (Å²) in [6.45, 7) is 4.86. The Labute approximate surface area is 210 Å². The molecule has 3 heterocycles. The molecule has 0 aliphatic carbocycles. The lowest BCUT2D eigenvalue weighted by Crippen LogP contribution is -2.36. The van der Waals surface area contributed by atoms with E-state index in [1.165, 1.54) is 5.56 Å². The third-order valence-electron chi connectivity index (χ3n) is 6.94. The molecular weight excluding hydrogens is 448 g/mol. The zero-order valence-corrected chi connectivity index (χ0v) is 20.3. The molecule has 0 bridgehead atoms. The molecule has 2 aromatic heterocycles. The van der Waals surface area contributed by atoms with Gasteiger partial charge in [-0.15, -0.1) is 10.2 Å². The summed E-state index contributed by atoms with van der Waals surface area (Å²) in [7, 11) is 0. The molecule has 1 aliphatic rings. The first kappa shape index (κ1) is 22.2. The number of aryl methyl sites for hydroxylation is 1. The number of amides is 1. The molecule has 0 saturated carbocycles. The van der Waals surface area contributed by atoms with Crippen molar-refractivity contribution in [1.29, 1.82) is 0 Å². The fourth-order valence-corrected chi connectivity index (χ4v) is 5.03. The molecule has 7 heteroatoms. The van der Waals surface area contributed by atoms with Gasteiger partial charge < -0.3 is 9.80 Å². The van der Waals surface area contributed by atoms with E-state index in [-0.39, 0.29) is 5.91 Å². The summed E-state index contributed by atoms with van der Waals surface area (Å²) in [5.74, 6) is 1.80. The molecule has 36 heavy (non-hydrogen) atoms. The molecule has 1 aliphatic heterocycles. The van der Waals surface area contributed by atoms with Gasteiger partial charge in [-0.3, -0.25) is 4.79 Å². The van der Waals surface area contributed by atoms with Gasteiger partial charge in [-0.25, -0.2) is 9.38 Å². The van der Waals surface area contributed by atoms with E-state index >= 15 is 0 Å². The van der Waals surface area contributed by atoms with Crippen LogP contribution in [0.1, 0.15) is 33.7 Å². The average molecular weight is 477 g/mol. The maximum atomic E-state index is 13.3. The Kier molecular flexibility index (Phi) is 5.81. The number of carbonyl (C=O) groups excluding carboxylic acids is 1. The maximum absolute atomic E-state index is 13.3. The highest BCUT2D eigenvalue weighted by molar-refractivity contribution is 5.95. The van der Waals surface area contributed by atoms with Gasteiger partial charge in [0, 0.05) is 43.5 Å². The third kappa shape index (κ3) is 4.06. The summed E-state index contributed by atoms with van der Waals surface area (Å²) in [5, 5.41) is 10.2. The topological polar surface area (TPSA) is 66.6 Å². The van der Waals surface area contributed by atoms with Crippen LogP contribution in [0.2, 0.25) is 0 Å². The Morgan fingerprint density at radius 1 is 0.833 bits per heavy atom. The number of nitrogens with zero attached hydrogens (tertiary/aromatic N) is 6. The highest BCUT2D eigenvalue weighted by atomic mass is 16.2. The van der Waals surface area contributed by atoms with Crippen molar-refractivity contribution in [2.75, 3.05) is 31.1 Å². The van der Waals surface area contributed by atoms with E-state index in [2.05, 4.69) is 31.6 Å². The van der Waals surface area contributed by atoms with Crippen LogP contribution in [0, 0.1) is 6.92 Å². The zero-order chi connectivity index (χ0) is 24.5. The van der Waals surface area contributed by atoms with Crippen LogP contribution in [0.5, 0.6) is 0 Å². The van der Waals surface area contributed by atoms with E-state index in [4.69, 9.17) is 4.98 Å². The Morgan fingerprint density at radius 2 is 1.61 bits per heavy atom. The summed E-state index contributed by atoms with van der Waals surface area (Å²) in [6.07, 6.45) is 1.53. The molecule has 1 amide bonds. The molecule has 0 spiro atoms. The number of fused-ring (bicyclic) bond motifs is 3.